The van der Waals surface area contributed by atoms with E-state index in [0.717, 1.165) is 5.69 Å². The van der Waals surface area contributed by atoms with Crippen LogP contribution in [-0.4, -0.2) is 12.0 Å². The minimum absolute atomic E-state index is 0.283. The fraction of sp³-hybridized carbons (Fsp3) is 0.286. The van der Waals surface area contributed by atoms with Gasteiger partial charge in [0.05, 0.1) is 5.69 Å². The third-order valence-electron chi connectivity index (χ3n) is 1.34. The van der Waals surface area contributed by atoms with Gasteiger partial charge in [-0.15, -0.1) is 0 Å². The molecule has 0 unspecified atom stereocenters. The molecule has 0 saturated carbocycles. The van der Waals surface area contributed by atoms with Crippen LogP contribution in [0.2, 0.25) is 0 Å². The normalized spacial score (nSPS) is 9.82. The predicted octanol–water partition coefficient (Wildman–Crippen LogP) is 2.33. The van der Waals surface area contributed by atoms with E-state index < -0.39 is 0 Å². The van der Waals surface area contributed by atoms with Crippen LogP contribution in [0.4, 0.5) is 10.2 Å². The molecule has 0 radical (unpaired) electrons. The molecule has 0 aliphatic heterocycles. The van der Waals surface area contributed by atoms with E-state index in [1.165, 1.54) is 6.07 Å². The molecule has 2 nitrogen and oxygen atoms in total. The van der Waals surface area contributed by atoms with E-state index in [4.69, 9.17) is 0 Å². The van der Waals surface area contributed by atoms with Crippen molar-refractivity contribution in [1.29, 1.82) is 0 Å². The molecule has 4 heteroatoms. The molecule has 1 aromatic rings. The summed E-state index contributed by atoms with van der Waals surface area (Å²) in [5.74, 6) is -0.0596. The van der Waals surface area contributed by atoms with Crippen LogP contribution in [-0.2, 0) is 0 Å². The van der Waals surface area contributed by atoms with Gasteiger partial charge in [-0.05, 0) is 28.9 Å². The van der Waals surface area contributed by atoms with Crippen molar-refractivity contribution in [2.75, 3.05) is 12.4 Å². The van der Waals surface area contributed by atoms with E-state index in [-0.39, 0.29) is 11.6 Å². The Morgan fingerprint density at radius 2 is 2.27 bits per heavy atom. The second-order valence-electron chi connectivity index (χ2n) is 2.14. The first-order valence-electron chi connectivity index (χ1n) is 3.15. The van der Waals surface area contributed by atoms with Crippen LogP contribution < -0.4 is 5.32 Å². The standard InChI is InChI=1S/C7H8BrFN2/c1-4-5(8)3-6(9)7(10-2)11-4/h3H,1-2H3,(H,10,11). The summed E-state index contributed by atoms with van der Waals surface area (Å²) >= 11 is 3.18. The highest BCUT2D eigenvalue weighted by Crippen LogP contribution is 2.19. The maximum absolute atomic E-state index is 12.9. The Labute approximate surface area is 73.0 Å². The molecule has 11 heavy (non-hydrogen) atoms. The van der Waals surface area contributed by atoms with Gasteiger partial charge >= 0.3 is 0 Å². The average Bonchev–Trinajstić information content (AvgIpc) is 1.97. The Balaban J connectivity index is 3.21. The molecule has 0 amide bonds. The number of halogens is 2. The maximum Gasteiger partial charge on any atom is 0.166 e. The van der Waals surface area contributed by atoms with Gasteiger partial charge in [0.1, 0.15) is 0 Å². The number of hydrogen-bond acceptors (Lipinski definition) is 2. The smallest absolute Gasteiger partial charge is 0.166 e. The minimum Gasteiger partial charge on any atom is -0.371 e. The second kappa shape index (κ2) is 3.17. The van der Waals surface area contributed by atoms with Crippen LogP contribution in [0.3, 0.4) is 0 Å². The molecule has 0 aliphatic carbocycles. The van der Waals surface area contributed by atoms with Gasteiger partial charge in [-0.1, -0.05) is 0 Å². The van der Waals surface area contributed by atoms with Crippen molar-refractivity contribution >= 4 is 21.7 Å². The molecule has 0 atom stereocenters. The van der Waals surface area contributed by atoms with Crippen LogP contribution in [0.25, 0.3) is 0 Å². The van der Waals surface area contributed by atoms with Crippen LogP contribution in [0.1, 0.15) is 5.69 Å². The molecule has 0 bridgehead atoms. The zero-order valence-corrected chi connectivity index (χ0v) is 7.87. The van der Waals surface area contributed by atoms with E-state index in [1.807, 2.05) is 6.92 Å². The van der Waals surface area contributed by atoms with Crippen molar-refractivity contribution in [3.05, 3.63) is 22.1 Å². The second-order valence-corrected chi connectivity index (χ2v) is 2.99. The first-order valence-corrected chi connectivity index (χ1v) is 3.95. The molecule has 60 valence electrons. The van der Waals surface area contributed by atoms with Crippen LogP contribution in [0.5, 0.6) is 0 Å². The quantitative estimate of drug-likeness (QED) is 0.783. The third kappa shape index (κ3) is 1.68. The molecule has 0 fully saturated rings. The van der Waals surface area contributed by atoms with E-state index in [2.05, 4.69) is 26.2 Å². The van der Waals surface area contributed by atoms with Crippen molar-refractivity contribution < 1.29 is 4.39 Å². The summed E-state index contributed by atoms with van der Waals surface area (Å²) in [4.78, 5) is 3.96. The van der Waals surface area contributed by atoms with Gasteiger partial charge in [0, 0.05) is 11.5 Å². The Morgan fingerprint density at radius 1 is 1.64 bits per heavy atom. The number of anilines is 1. The third-order valence-corrected chi connectivity index (χ3v) is 2.14. The van der Waals surface area contributed by atoms with Crippen molar-refractivity contribution in [3.63, 3.8) is 0 Å². The highest BCUT2D eigenvalue weighted by atomic mass is 79.9. The molecule has 0 aromatic carbocycles. The summed E-state index contributed by atoms with van der Waals surface area (Å²) in [5.41, 5.74) is 0.774. The molecule has 1 N–H and O–H groups in total. The SMILES string of the molecule is CNc1nc(C)c(Br)cc1F. The Bertz CT molecular complexity index is 275. The lowest BCUT2D eigenvalue weighted by Crippen LogP contribution is -1.98. The van der Waals surface area contributed by atoms with Crippen molar-refractivity contribution in [2.45, 2.75) is 6.92 Å². The Hall–Kier alpha value is -0.640. The van der Waals surface area contributed by atoms with E-state index in [9.17, 15) is 4.39 Å². The highest BCUT2D eigenvalue weighted by molar-refractivity contribution is 9.10. The number of pyridine rings is 1. The van der Waals surface area contributed by atoms with E-state index >= 15 is 0 Å². The fourth-order valence-corrected chi connectivity index (χ4v) is 1.02. The van der Waals surface area contributed by atoms with E-state index in [0.29, 0.717) is 4.47 Å². The van der Waals surface area contributed by atoms with Crippen LogP contribution in [0, 0.1) is 12.7 Å². The summed E-state index contributed by atoms with van der Waals surface area (Å²) in [6.07, 6.45) is 0. The first-order chi connectivity index (χ1) is 5.15. The van der Waals surface area contributed by atoms with Gasteiger partial charge in [0.25, 0.3) is 0 Å². The number of aryl methyl sites for hydroxylation is 1. The van der Waals surface area contributed by atoms with Gasteiger partial charge in [-0.3, -0.25) is 0 Å². The van der Waals surface area contributed by atoms with Crippen LogP contribution in [0.15, 0.2) is 10.5 Å². The Kier molecular flexibility index (Phi) is 2.44. The average molecular weight is 219 g/mol. The summed E-state index contributed by atoms with van der Waals surface area (Å²) in [7, 11) is 1.64. The predicted molar refractivity (Wildman–Crippen MR) is 46.2 cm³/mol. The minimum atomic E-state index is -0.343. The van der Waals surface area contributed by atoms with Crippen molar-refractivity contribution in [3.8, 4) is 0 Å². The highest BCUT2D eigenvalue weighted by Gasteiger charge is 2.04. The number of rotatable bonds is 1. The van der Waals surface area contributed by atoms with Crippen molar-refractivity contribution in [1.82, 2.24) is 4.98 Å². The maximum atomic E-state index is 12.9. The van der Waals surface area contributed by atoms with Gasteiger partial charge < -0.3 is 5.32 Å². The number of nitrogens with one attached hydrogen (secondary N) is 1. The Morgan fingerprint density at radius 3 is 2.82 bits per heavy atom. The fourth-order valence-electron chi connectivity index (χ4n) is 0.734. The lowest BCUT2D eigenvalue weighted by atomic mass is 10.3. The van der Waals surface area contributed by atoms with Gasteiger partial charge in [-0.2, -0.15) is 0 Å². The molecule has 1 aromatic heterocycles. The molecular weight excluding hydrogens is 211 g/mol. The molecule has 0 spiro atoms. The summed E-state index contributed by atoms with van der Waals surface area (Å²) < 4.78 is 13.6. The summed E-state index contributed by atoms with van der Waals surface area (Å²) in [6, 6.07) is 1.40. The van der Waals surface area contributed by atoms with Gasteiger partial charge in [0.15, 0.2) is 11.6 Å². The molecule has 0 saturated heterocycles. The zero-order chi connectivity index (χ0) is 8.43. The first kappa shape index (κ1) is 8.46. The van der Waals surface area contributed by atoms with Crippen LogP contribution >= 0.6 is 15.9 Å². The molecule has 1 heterocycles. The monoisotopic (exact) mass is 218 g/mol. The summed E-state index contributed by atoms with van der Waals surface area (Å²) in [6.45, 7) is 1.81. The number of aromatic nitrogens is 1. The lowest BCUT2D eigenvalue weighted by Gasteiger charge is -2.03. The molecule has 0 aliphatic rings. The molecule has 1 rings (SSSR count). The lowest BCUT2D eigenvalue weighted by molar-refractivity contribution is 0.623. The topological polar surface area (TPSA) is 24.9 Å². The van der Waals surface area contributed by atoms with Gasteiger partial charge in [0.2, 0.25) is 0 Å². The largest absolute Gasteiger partial charge is 0.371 e. The van der Waals surface area contributed by atoms with Crippen molar-refractivity contribution in [2.24, 2.45) is 0 Å². The van der Waals surface area contributed by atoms with E-state index in [1.54, 1.807) is 7.05 Å². The van der Waals surface area contributed by atoms with Gasteiger partial charge in [-0.25, -0.2) is 9.37 Å². The number of nitrogens with zero attached hydrogens (tertiary/aromatic N) is 1. The zero-order valence-electron chi connectivity index (χ0n) is 6.28. The molecular formula is C7H8BrFN2. The number of hydrogen-bond donors (Lipinski definition) is 1. The summed E-state index contributed by atoms with van der Waals surface area (Å²) in [5, 5.41) is 2.66.